The maximum absolute atomic E-state index is 13.7. The van der Waals surface area contributed by atoms with Gasteiger partial charge in [0.25, 0.3) is 5.91 Å². The quantitative estimate of drug-likeness (QED) is 0.871. The van der Waals surface area contributed by atoms with Gasteiger partial charge in [-0.2, -0.15) is 0 Å². The Morgan fingerprint density at radius 2 is 2.04 bits per heavy atom. The van der Waals surface area contributed by atoms with Gasteiger partial charge in [0.15, 0.2) is 0 Å². The Balaban J connectivity index is 1.61. The van der Waals surface area contributed by atoms with Crippen LogP contribution in [0, 0.1) is 17.6 Å². The molecule has 0 bridgehead atoms. The lowest BCUT2D eigenvalue weighted by Crippen LogP contribution is -2.39. The number of hydrogen-bond acceptors (Lipinski definition) is 3. The zero-order valence-corrected chi connectivity index (χ0v) is 12.9. The third kappa shape index (κ3) is 3.38. The van der Waals surface area contributed by atoms with Crippen LogP contribution in [-0.4, -0.2) is 38.7 Å². The lowest BCUT2D eigenvalue weighted by atomic mass is 9.93. The Labute approximate surface area is 132 Å². The van der Waals surface area contributed by atoms with Crippen LogP contribution in [0.3, 0.4) is 0 Å². The van der Waals surface area contributed by atoms with Crippen molar-refractivity contribution in [1.82, 2.24) is 19.7 Å². The average Bonchev–Trinajstić information content (AvgIpc) is 2.95. The normalized spacial score (nSPS) is 15.9. The number of carbonyl (C=O) groups is 1. The smallest absolute Gasteiger partial charge is 0.256 e. The molecule has 7 heteroatoms. The van der Waals surface area contributed by atoms with E-state index in [1.165, 1.54) is 0 Å². The number of rotatable bonds is 3. The zero-order valence-electron chi connectivity index (χ0n) is 12.9. The molecule has 2 heterocycles. The molecule has 1 amide bonds. The standard InChI is InChI=1S/C16H18F2N4O/c1-21-10-19-20-15(21)8-11-4-6-22(7-5-11)16(23)13-9-12(17)2-3-14(13)18/h2-3,9-11H,4-8H2,1H3. The van der Waals surface area contributed by atoms with E-state index in [2.05, 4.69) is 10.2 Å². The Bertz CT molecular complexity index is 708. The van der Waals surface area contributed by atoms with Crippen LogP contribution < -0.4 is 0 Å². The summed E-state index contributed by atoms with van der Waals surface area (Å²) in [7, 11) is 1.90. The van der Waals surface area contributed by atoms with Crippen molar-refractivity contribution in [2.24, 2.45) is 13.0 Å². The highest BCUT2D eigenvalue weighted by atomic mass is 19.1. The number of piperidine rings is 1. The van der Waals surface area contributed by atoms with Gasteiger partial charge in [0.2, 0.25) is 0 Å². The third-order valence-corrected chi connectivity index (χ3v) is 4.34. The number of nitrogens with zero attached hydrogens (tertiary/aromatic N) is 4. The summed E-state index contributed by atoms with van der Waals surface area (Å²) in [5, 5.41) is 7.93. The molecule has 0 spiro atoms. The highest BCUT2D eigenvalue weighted by molar-refractivity contribution is 5.94. The molecular weight excluding hydrogens is 302 g/mol. The summed E-state index contributed by atoms with van der Waals surface area (Å²) in [5.41, 5.74) is -0.197. The van der Waals surface area contributed by atoms with Crippen LogP contribution >= 0.6 is 0 Å². The Morgan fingerprint density at radius 1 is 1.30 bits per heavy atom. The molecule has 1 aromatic carbocycles. The minimum absolute atomic E-state index is 0.197. The molecule has 1 saturated heterocycles. The summed E-state index contributed by atoms with van der Waals surface area (Å²) in [6.07, 6.45) is 4.11. The second kappa shape index (κ2) is 6.44. The molecule has 1 aromatic heterocycles. The Hall–Kier alpha value is -2.31. The molecule has 1 aliphatic rings. The van der Waals surface area contributed by atoms with Crippen molar-refractivity contribution in [3.05, 3.63) is 47.5 Å². The topological polar surface area (TPSA) is 51.0 Å². The highest BCUT2D eigenvalue weighted by Crippen LogP contribution is 2.23. The van der Waals surface area contributed by atoms with E-state index in [1.807, 2.05) is 11.6 Å². The van der Waals surface area contributed by atoms with Crippen LogP contribution in [0.25, 0.3) is 0 Å². The van der Waals surface area contributed by atoms with Gasteiger partial charge in [0.05, 0.1) is 5.56 Å². The monoisotopic (exact) mass is 320 g/mol. The number of aromatic nitrogens is 3. The van der Waals surface area contributed by atoms with Crippen molar-refractivity contribution in [2.45, 2.75) is 19.3 Å². The number of carbonyl (C=O) groups excluding carboxylic acids is 1. The molecule has 1 fully saturated rings. The van der Waals surface area contributed by atoms with E-state index in [-0.39, 0.29) is 5.56 Å². The first-order valence-electron chi connectivity index (χ1n) is 7.62. The molecule has 0 radical (unpaired) electrons. The van der Waals surface area contributed by atoms with Gasteiger partial charge in [0, 0.05) is 26.6 Å². The van der Waals surface area contributed by atoms with Gasteiger partial charge in [0.1, 0.15) is 23.8 Å². The Kier molecular flexibility index (Phi) is 4.36. The number of benzene rings is 1. The van der Waals surface area contributed by atoms with Gasteiger partial charge in [-0.25, -0.2) is 8.78 Å². The lowest BCUT2D eigenvalue weighted by molar-refractivity contribution is 0.0684. The number of hydrogen-bond donors (Lipinski definition) is 0. The van der Waals surface area contributed by atoms with Crippen LogP contribution in [0.15, 0.2) is 24.5 Å². The van der Waals surface area contributed by atoms with Crippen LogP contribution in [0.5, 0.6) is 0 Å². The summed E-state index contributed by atoms with van der Waals surface area (Å²) < 4.78 is 28.8. The largest absolute Gasteiger partial charge is 0.339 e. The number of halogens is 2. The summed E-state index contributed by atoms with van der Waals surface area (Å²) in [6.45, 7) is 1.08. The van der Waals surface area contributed by atoms with Gasteiger partial charge in [-0.15, -0.1) is 10.2 Å². The predicted molar refractivity (Wildman–Crippen MR) is 79.7 cm³/mol. The number of aryl methyl sites for hydroxylation is 1. The summed E-state index contributed by atoms with van der Waals surface area (Å²) in [5.74, 6) is -0.395. The van der Waals surface area contributed by atoms with E-state index in [4.69, 9.17) is 0 Å². The maximum atomic E-state index is 13.7. The first-order chi connectivity index (χ1) is 11.0. The van der Waals surface area contributed by atoms with E-state index >= 15 is 0 Å². The zero-order chi connectivity index (χ0) is 16.4. The summed E-state index contributed by atoms with van der Waals surface area (Å²) >= 11 is 0. The summed E-state index contributed by atoms with van der Waals surface area (Å²) in [6, 6.07) is 2.96. The van der Waals surface area contributed by atoms with E-state index in [0.29, 0.717) is 19.0 Å². The van der Waals surface area contributed by atoms with Crippen LogP contribution in [0.4, 0.5) is 8.78 Å². The molecule has 5 nitrogen and oxygen atoms in total. The fraction of sp³-hybridized carbons (Fsp3) is 0.438. The van der Waals surface area contributed by atoms with Gasteiger partial charge in [-0.05, 0) is 37.0 Å². The fourth-order valence-corrected chi connectivity index (χ4v) is 2.92. The molecule has 0 N–H and O–H groups in total. The van der Waals surface area contributed by atoms with Crippen LogP contribution in [0.2, 0.25) is 0 Å². The molecule has 2 aromatic rings. The first-order valence-corrected chi connectivity index (χ1v) is 7.62. The van der Waals surface area contributed by atoms with Crippen molar-refractivity contribution >= 4 is 5.91 Å². The third-order valence-electron chi connectivity index (χ3n) is 4.34. The van der Waals surface area contributed by atoms with Crippen molar-refractivity contribution in [3.8, 4) is 0 Å². The highest BCUT2D eigenvalue weighted by Gasteiger charge is 2.26. The molecule has 23 heavy (non-hydrogen) atoms. The van der Waals surface area contributed by atoms with Gasteiger partial charge >= 0.3 is 0 Å². The maximum Gasteiger partial charge on any atom is 0.256 e. The van der Waals surface area contributed by atoms with Crippen molar-refractivity contribution in [3.63, 3.8) is 0 Å². The van der Waals surface area contributed by atoms with Crippen molar-refractivity contribution in [2.75, 3.05) is 13.1 Å². The molecule has 0 atom stereocenters. The second-order valence-corrected chi connectivity index (χ2v) is 5.92. The van der Waals surface area contributed by atoms with E-state index in [0.717, 1.165) is 43.3 Å². The van der Waals surface area contributed by atoms with Crippen LogP contribution in [-0.2, 0) is 13.5 Å². The molecular formula is C16H18F2N4O. The van der Waals surface area contributed by atoms with Gasteiger partial charge < -0.3 is 9.47 Å². The van der Waals surface area contributed by atoms with E-state index in [9.17, 15) is 13.6 Å². The molecule has 0 aliphatic carbocycles. The lowest BCUT2D eigenvalue weighted by Gasteiger charge is -2.32. The van der Waals surface area contributed by atoms with E-state index < -0.39 is 17.5 Å². The number of amides is 1. The predicted octanol–water partition coefficient (Wildman–Crippen LogP) is 2.19. The number of likely N-dealkylation sites (tertiary alicyclic amines) is 1. The van der Waals surface area contributed by atoms with Crippen molar-refractivity contribution in [1.29, 1.82) is 0 Å². The molecule has 3 rings (SSSR count). The van der Waals surface area contributed by atoms with Gasteiger partial charge in [-0.3, -0.25) is 4.79 Å². The van der Waals surface area contributed by atoms with Crippen LogP contribution in [0.1, 0.15) is 29.0 Å². The summed E-state index contributed by atoms with van der Waals surface area (Å²) in [4.78, 5) is 13.9. The Morgan fingerprint density at radius 3 is 2.70 bits per heavy atom. The minimum Gasteiger partial charge on any atom is -0.339 e. The molecule has 1 aliphatic heterocycles. The SMILES string of the molecule is Cn1cnnc1CC1CCN(C(=O)c2cc(F)ccc2F)CC1. The molecule has 0 unspecified atom stereocenters. The van der Waals surface area contributed by atoms with Crippen molar-refractivity contribution < 1.29 is 13.6 Å². The molecule has 122 valence electrons. The second-order valence-electron chi connectivity index (χ2n) is 5.92. The fourth-order valence-electron chi connectivity index (χ4n) is 2.92. The first kappa shape index (κ1) is 15.6. The minimum atomic E-state index is -0.683. The van der Waals surface area contributed by atoms with E-state index in [1.54, 1.807) is 11.2 Å². The average molecular weight is 320 g/mol. The molecule has 0 saturated carbocycles. The van der Waals surface area contributed by atoms with Gasteiger partial charge in [-0.1, -0.05) is 0 Å².